The van der Waals surface area contributed by atoms with Gasteiger partial charge < -0.3 is 28.7 Å². The Morgan fingerprint density at radius 1 is 0.675 bits per heavy atom. The fourth-order valence-electron chi connectivity index (χ4n) is 5.39. The highest BCUT2D eigenvalue weighted by atomic mass is 32.1. The first-order valence-corrected chi connectivity index (χ1v) is 16.2. The highest BCUT2D eigenvalue weighted by molar-refractivity contribution is 7.11. The lowest BCUT2D eigenvalue weighted by Crippen LogP contribution is -2.43. The molecule has 0 aromatic carbocycles. The second-order valence-corrected chi connectivity index (χ2v) is 12.9. The van der Waals surface area contributed by atoms with Crippen LogP contribution >= 0.6 is 45.3 Å². The quantitative estimate of drug-likeness (QED) is 0.291. The van der Waals surface area contributed by atoms with Gasteiger partial charge in [0.05, 0.1) is 45.4 Å². The van der Waals surface area contributed by atoms with Crippen molar-refractivity contribution < 1.29 is 28.5 Å². The number of fused-ring (bicyclic) bond motifs is 3. The molecule has 12 heteroatoms. The highest BCUT2D eigenvalue weighted by Crippen LogP contribution is 2.49. The van der Waals surface area contributed by atoms with Gasteiger partial charge in [0.15, 0.2) is 35.2 Å². The number of rotatable bonds is 6. The minimum Gasteiger partial charge on any atom is -0.485 e. The third-order valence-electron chi connectivity index (χ3n) is 7.09. The van der Waals surface area contributed by atoms with Crippen LogP contribution in [-0.4, -0.2) is 60.1 Å². The van der Waals surface area contributed by atoms with E-state index in [1.165, 1.54) is 45.3 Å². The molecule has 0 bridgehead atoms. The van der Waals surface area contributed by atoms with E-state index < -0.39 is 0 Å². The monoisotopic (exact) mass is 608 g/mol. The molecule has 0 radical (unpaired) electrons. The molecule has 202 valence electrons. The van der Waals surface area contributed by atoms with Crippen molar-refractivity contribution in [3.63, 3.8) is 0 Å². The fourth-order valence-corrected chi connectivity index (χ4v) is 8.30. The topological polar surface area (TPSA) is 77.5 Å². The van der Waals surface area contributed by atoms with E-state index >= 15 is 0 Å². The van der Waals surface area contributed by atoms with Gasteiger partial charge in [0.2, 0.25) is 0 Å². The number of thiophene rings is 4. The van der Waals surface area contributed by atoms with Crippen LogP contribution in [0.1, 0.15) is 9.75 Å². The number of carbonyl (C=O) groups is 2. The van der Waals surface area contributed by atoms with Crippen LogP contribution in [0, 0.1) is 0 Å². The number of carbonyl (C=O) groups excluding carboxylic acids is 2. The van der Waals surface area contributed by atoms with E-state index in [-0.39, 0.29) is 37.1 Å². The zero-order valence-electron chi connectivity index (χ0n) is 20.7. The summed E-state index contributed by atoms with van der Waals surface area (Å²) in [5.74, 6) is 2.39. The minimum absolute atomic E-state index is 0.210. The van der Waals surface area contributed by atoms with E-state index in [0.29, 0.717) is 47.3 Å². The van der Waals surface area contributed by atoms with Crippen LogP contribution in [0.2, 0.25) is 0 Å². The molecule has 0 fully saturated rings. The van der Waals surface area contributed by atoms with E-state index in [0.717, 1.165) is 21.3 Å². The van der Waals surface area contributed by atoms with Gasteiger partial charge in [0.1, 0.15) is 13.2 Å². The third-order valence-corrected chi connectivity index (χ3v) is 10.2. The molecule has 0 saturated carbocycles. The molecule has 0 spiro atoms. The maximum atomic E-state index is 14.3. The maximum Gasteiger partial charge on any atom is 0.261 e. The largest absolute Gasteiger partial charge is 0.485 e. The summed E-state index contributed by atoms with van der Waals surface area (Å²) < 4.78 is 24.1. The summed E-state index contributed by atoms with van der Waals surface area (Å²) in [4.78, 5) is 33.7. The molecule has 2 unspecified atom stereocenters. The van der Waals surface area contributed by atoms with Crippen molar-refractivity contribution >= 4 is 68.6 Å². The van der Waals surface area contributed by atoms with Gasteiger partial charge in [-0.25, -0.2) is 0 Å². The van der Waals surface area contributed by atoms with E-state index in [9.17, 15) is 9.59 Å². The SMILES string of the molecule is O=C1C2=C(c3cccs3)N(CC3COc4cscc4O3)C(=O)C2=C(c2cccs2)N1CC1COc2cscc2O1. The Hall–Kier alpha value is -3.58. The first-order chi connectivity index (χ1) is 19.7. The van der Waals surface area contributed by atoms with Crippen molar-refractivity contribution in [2.24, 2.45) is 0 Å². The molecule has 8 heterocycles. The number of hydrogen-bond donors (Lipinski definition) is 0. The number of nitrogens with zero attached hydrogens (tertiary/aromatic N) is 2. The fraction of sp³-hybridized carbons (Fsp3) is 0.214. The second kappa shape index (κ2) is 9.51. The van der Waals surface area contributed by atoms with Gasteiger partial charge >= 0.3 is 0 Å². The summed E-state index contributed by atoms with van der Waals surface area (Å²) in [6, 6.07) is 7.75. The number of hydrogen-bond acceptors (Lipinski definition) is 10. The number of ether oxygens (including phenoxy) is 4. The molecular formula is C28H20N2O6S4. The standard InChI is InChI=1S/C28H20N2O6S4/c31-27-23-24(26(22-4-2-6-40-22)30(27)8-16-10-34-18-12-38-14-20(18)36-16)28(32)29(25(23)21-3-1-5-39-21)7-15-9-33-17-11-37-13-19(17)35-15/h1-6,11-16H,7-10H2. The van der Waals surface area contributed by atoms with Gasteiger partial charge in [-0.3, -0.25) is 9.59 Å². The lowest BCUT2D eigenvalue weighted by Gasteiger charge is -2.31. The van der Waals surface area contributed by atoms with Crippen LogP contribution in [0.3, 0.4) is 0 Å². The molecule has 0 saturated heterocycles. The first kappa shape index (κ1) is 24.2. The van der Waals surface area contributed by atoms with Crippen LogP contribution in [0.5, 0.6) is 23.0 Å². The van der Waals surface area contributed by atoms with Crippen molar-refractivity contribution in [1.29, 1.82) is 0 Å². The molecule has 4 aliphatic heterocycles. The van der Waals surface area contributed by atoms with Crippen LogP contribution in [-0.2, 0) is 9.59 Å². The molecule has 2 atom stereocenters. The Labute approximate surface area is 244 Å². The summed E-state index contributed by atoms with van der Waals surface area (Å²) in [5, 5.41) is 11.5. The predicted octanol–water partition coefficient (Wildman–Crippen LogP) is 5.42. The normalized spacial score (nSPS) is 21.6. The van der Waals surface area contributed by atoms with E-state index in [2.05, 4.69) is 0 Å². The lowest BCUT2D eigenvalue weighted by atomic mass is 10.1. The van der Waals surface area contributed by atoms with E-state index in [1.54, 1.807) is 9.80 Å². The average Bonchev–Trinajstić information content (AvgIpc) is 3.80. The highest BCUT2D eigenvalue weighted by Gasteiger charge is 2.50. The molecular weight excluding hydrogens is 589 g/mol. The predicted molar refractivity (Wildman–Crippen MR) is 154 cm³/mol. The molecule has 8 rings (SSSR count). The second-order valence-electron chi connectivity index (χ2n) is 9.54. The summed E-state index contributed by atoms with van der Waals surface area (Å²) in [6.45, 7) is 1.17. The molecule has 4 aromatic rings. The van der Waals surface area contributed by atoms with Crippen LogP contribution in [0.25, 0.3) is 11.4 Å². The minimum atomic E-state index is -0.370. The summed E-state index contributed by atoms with van der Waals surface area (Å²) >= 11 is 6.02. The van der Waals surface area contributed by atoms with Gasteiger partial charge in [0, 0.05) is 21.5 Å². The van der Waals surface area contributed by atoms with Crippen LogP contribution in [0.4, 0.5) is 0 Å². The molecule has 2 amide bonds. The van der Waals surface area contributed by atoms with Gasteiger partial charge in [0.25, 0.3) is 11.8 Å². The smallest absolute Gasteiger partial charge is 0.261 e. The first-order valence-electron chi connectivity index (χ1n) is 12.6. The molecule has 0 aliphatic carbocycles. The Bertz CT molecular complexity index is 1560. The van der Waals surface area contributed by atoms with Crippen molar-refractivity contribution in [2.45, 2.75) is 12.2 Å². The Morgan fingerprint density at radius 3 is 1.55 bits per heavy atom. The maximum absolute atomic E-state index is 14.3. The van der Waals surface area contributed by atoms with Gasteiger partial charge in [-0.05, 0) is 22.9 Å². The Morgan fingerprint density at radius 2 is 1.12 bits per heavy atom. The van der Waals surface area contributed by atoms with Crippen molar-refractivity contribution in [2.75, 3.05) is 26.3 Å². The van der Waals surface area contributed by atoms with Gasteiger partial charge in [-0.15, -0.1) is 45.3 Å². The van der Waals surface area contributed by atoms with Crippen LogP contribution in [0.15, 0.2) is 67.7 Å². The van der Waals surface area contributed by atoms with E-state index in [4.69, 9.17) is 18.9 Å². The van der Waals surface area contributed by atoms with Gasteiger partial charge in [-0.1, -0.05) is 12.1 Å². The lowest BCUT2D eigenvalue weighted by molar-refractivity contribution is -0.125. The summed E-state index contributed by atoms with van der Waals surface area (Å²) in [5.41, 5.74) is 2.10. The summed E-state index contributed by atoms with van der Waals surface area (Å²) in [7, 11) is 0. The Balaban J connectivity index is 1.19. The van der Waals surface area contributed by atoms with E-state index in [1.807, 2.05) is 56.5 Å². The third kappa shape index (κ3) is 3.81. The van der Waals surface area contributed by atoms with Crippen molar-refractivity contribution in [3.8, 4) is 23.0 Å². The van der Waals surface area contributed by atoms with Crippen molar-refractivity contribution in [1.82, 2.24) is 9.80 Å². The molecule has 0 N–H and O–H groups in total. The van der Waals surface area contributed by atoms with Crippen LogP contribution < -0.4 is 18.9 Å². The summed E-state index contributed by atoms with van der Waals surface area (Å²) in [6.07, 6.45) is -0.741. The molecule has 8 nitrogen and oxygen atoms in total. The number of amides is 2. The molecule has 4 aromatic heterocycles. The van der Waals surface area contributed by atoms with Gasteiger partial charge in [-0.2, -0.15) is 0 Å². The average molecular weight is 609 g/mol. The zero-order valence-corrected chi connectivity index (χ0v) is 24.0. The Kier molecular flexibility index (Phi) is 5.76. The van der Waals surface area contributed by atoms with Crippen molar-refractivity contribution in [3.05, 3.63) is 77.4 Å². The molecule has 40 heavy (non-hydrogen) atoms. The molecule has 4 aliphatic rings. The zero-order chi connectivity index (χ0) is 26.8.